The Balaban J connectivity index is 1.55. The minimum Gasteiger partial charge on any atom is -0.378 e. The Kier molecular flexibility index (Phi) is 5.50. The second-order valence-corrected chi connectivity index (χ2v) is 6.41. The SMILES string of the molecule is CCCCCCCCOC1CC(N)C12CCCC2. The van der Waals surface area contributed by atoms with Crippen LogP contribution in [0.1, 0.15) is 77.6 Å². The highest BCUT2D eigenvalue weighted by atomic mass is 16.5. The minimum atomic E-state index is 0.391. The van der Waals surface area contributed by atoms with Gasteiger partial charge < -0.3 is 10.5 Å². The molecule has 2 saturated carbocycles. The second-order valence-electron chi connectivity index (χ2n) is 6.41. The summed E-state index contributed by atoms with van der Waals surface area (Å²) in [5, 5.41) is 0. The lowest BCUT2D eigenvalue weighted by Crippen LogP contribution is -2.60. The predicted octanol–water partition coefficient (Wildman–Crippen LogP) is 4.02. The average molecular weight is 253 g/mol. The predicted molar refractivity (Wildman–Crippen MR) is 76.6 cm³/mol. The van der Waals surface area contributed by atoms with Crippen molar-refractivity contribution in [1.29, 1.82) is 0 Å². The Morgan fingerprint density at radius 1 is 1.06 bits per heavy atom. The molecule has 0 radical (unpaired) electrons. The van der Waals surface area contributed by atoms with Gasteiger partial charge in [0.1, 0.15) is 0 Å². The van der Waals surface area contributed by atoms with Crippen molar-refractivity contribution < 1.29 is 4.74 Å². The first-order chi connectivity index (χ1) is 8.79. The Bertz CT molecular complexity index is 235. The number of rotatable bonds is 8. The quantitative estimate of drug-likeness (QED) is 0.663. The summed E-state index contributed by atoms with van der Waals surface area (Å²) in [6, 6.07) is 0.426. The van der Waals surface area contributed by atoms with Gasteiger partial charge in [-0.25, -0.2) is 0 Å². The second kappa shape index (κ2) is 6.91. The zero-order valence-corrected chi connectivity index (χ0v) is 12.1. The fraction of sp³-hybridized carbons (Fsp3) is 1.00. The molecule has 0 aromatic heterocycles. The monoisotopic (exact) mass is 253 g/mol. The molecule has 2 unspecified atom stereocenters. The molecular weight excluding hydrogens is 222 g/mol. The van der Waals surface area contributed by atoms with E-state index in [-0.39, 0.29) is 0 Å². The summed E-state index contributed by atoms with van der Waals surface area (Å²) in [6.45, 7) is 3.23. The summed E-state index contributed by atoms with van der Waals surface area (Å²) in [5.74, 6) is 0. The maximum absolute atomic E-state index is 6.21. The molecule has 0 aliphatic heterocycles. The lowest BCUT2D eigenvalue weighted by Gasteiger charge is -2.52. The van der Waals surface area contributed by atoms with Crippen LogP contribution < -0.4 is 5.73 Å². The Morgan fingerprint density at radius 3 is 2.39 bits per heavy atom. The molecule has 0 aromatic carbocycles. The Morgan fingerprint density at radius 2 is 1.72 bits per heavy atom. The summed E-state index contributed by atoms with van der Waals surface area (Å²) in [4.78, 5) is 0. The van der Waals surface area contributed by atoms with Crippen molar-refractivity contribution in [2.45, 2.75) is 89.7 Å². The van der Waals surface area contributed by atoms with Crippen molar-refractivity contribution in [2.24, 2.45) is 11.1 Å². The molecule has 2 nitrogen and oxygen atoms in total. The van der Waals surface area contributed by atoms with E-state index in [0.29, 0.717) is 17.6 Å². The maximum atomic E-state index is 6.21. The molecule has 18 heavy (non-hydrogen) atoms. The number of nitrogens with two attached hydrogens (primary N) is 1. The van der Waals surface area contributed by atoms with Crippen LogP contribution in [-0.4, -0.2) is 18.8 Å². The topological polar surface area (TPSA) is 35.2 Å². The van der Waals surface area contributed by atoms with Crippen molar-refractivity contribution in [1.82, 2.24) is 0 Å². The van der Waals surface area contributed by atoms with Gasteiger partial charge in [-0.1, -0.05) is 51.9 Å². The highest BCUT2D eigenvalue weighted by Gasteiger charge is 2.54. The first-order valence-electron chi connectivity index (χ1n) is 8.17. The van der Waals surface area contributed by atoms with Gasteiger partial charge in [0.15, 0.2) is 0 Å². The average Bonchev–Trinajstić information content (AvgIpc) is 2.88. The van der Waals surface area contributed by atoms with Crippen LogP contribution in [0.15, 0.2) is 0 Å². The van der Waals surface area contributed by atoms with Crippen LogP contribution in [0.4, 0.5) is 0 Å². The third-order valence-corrected chi connectivity index (χ3v) is 5.20. The van der Waals surface area contributed by atoms with Crippen LogP contribution in [0, 0.1) is 5.41 Å². The highest BCUT2D eigenvalue weighted by Crippen LogP contribution is 2.53. The Labute approximate surface area is 113 Å². The van der Waals surface area contributed by atoms with E-state index < -0.39 is 0 Å². The molecule has 2 rings (SSSR count). The minimum absolute atomic E-state index is 0.391. The van der Waals surface area contributed by atoms with Crippen molar-refractivity contribution in [2.75, 3.05) is 6.61 Å². The van der Waals surface area contributed by atoms with Crippen LogP contribution in [-0.2, 0) is 4.74 Å². The fourth-order valence-corrected chi connectivity index (χ4v) is 3.85. The van der Waals surface area contributed by atoms with Crippen molar-refractivity contribution >= 4 is 0 Å². The third-order valence-electron chi connectivity index (χ3n) is 5.20. The molecular formula is C16H31NO. The maximum Gasteiger partial charge on any atom is 0.0661 e. The molecule has 0 amide bonds. The van der Waals surface area contributed by atoms with Crippen molar-refractivity contribution in [3.63, 3.8) is 0 Å². The molecule has 2 aliphatic rings. The van der Waals surface area contributed by atoms with Gasteiger partial charge in [0.2, 0.25) is 0 Å². The number of hydrogen-bond acceptors (Lipinski definition) is 2. The van der Waals surface area contributed by atoms with E-state index in [2.05, 4.69) is 6.92 Å². The van der Waals surface area contributed by atoms with Crippen LogP contribution in [0.2, 0.25) is 0 Å². The summed E-state index contributed by atoms with van der Waals surface area (Å²) in [6.07, 6.45) is 15.0. The van der Waals surface area contributed by atoms with Gasteiger partial charge in [-0.2, -0.15) is 0 Å². The van der Waals surface area contributed by atoms with Crippen LogP contribution in [0.3, 0.4) is 0 Å². The summed E-state index contributed by atoms with van der Waals surface area (Å²) >= 11 is 0. The molecule has 0 saturated heterocycles. The first kappa shape index (κ1) is 14.3. The molecule has 0 aromatic rings. The van der Waals surface area contributed by atoms with Gasteiger partial charge in [0, 0.05) is 18.1 Å². The zero-order valence-electron chi connectivity index (χ0n) is 12.1. The van der Waals surface area contributed by atoms with E-state index in [1.807, 2.05) is 0 Å². The van der Waals surface area contributed by atoms with E-state index in [1.165, 1.54) is 64.2 Å². The zero-order chi connectivity index (χ0) is 12.8. The molecule has 2 atom stereocenters. The standard InChI is InChI=1S/C16H31NO/c1-2-3-4-5-6-9-12-18-15-13-14(17)16(15)10-7-8-11-16/h14-15H,2-13,17H2,1H3. The summed E-state index contributed by atoms with van der Waals surface area (Å²) in [7, 11) is 0. The number of unbranched alkanes of at least 4 members (excludes halogenated alkanes) is 5. The molecule has 2 N–H and O–H groups in total. The van der Waals surface area contributed by atoms with E-state index in [0.717, 1.165) is 13.0 Å². The number of hydrogen-bond donors (Lipinski definition) is 1. The number of ether oxygens (including phenoxy) is 1. The highest BCUT2D eigenvalue weighted by molar-refractivity contribution is 5.08. The van der Waals surface area contributed by atoms with E-state index >= 15 is 0 Å². The summed E-state index contributed by atoms with van der Waals surface area (Å²) < 4.78 is 6.11. The molecule has 106 valence electrons. The lowest BCUT2D eigenvalue weighted by molar-refractivity contribution is -0.124. The fourth-order valence-electron chi connectivity index (χ4n) is 3.85. The normalized spacial score (nSPS) is 29.7. The molecule has 0 bridgehead atoms. The van der Waals surface area contributed by atoms with Gasteiger partial charge in [-0.15, -0.1) is 0 Å². The van der Waals surface area contributed by atoms with E-state index in [9.17, 15) is 0 Å². The largest absolute Gasteiger partial charge is 0.378 e. The third kappa shape index (κ3) is 3.08. The van der Waals surface area contributed by atoms with E-state index in [4.69, 9.17) is 10.5 Å². The molecule has 1 spiro atoms. The molecule has 2 aliphatic carbocycles. The van der Waals surface area contributed by atoms with E-state index in [1.54, 1.807) is 0 Å². The first-order valence-corrected chi connectivity index (χ1v) is 8.17. The lowest BCUT2D eigenvalue weighted by atomic mass is 9.61. The molecule has 2 heteroatoms. The van der Waals surface area contributed by atoms with Gasteiger partial charge in [0.25, 0.3) is 0 Å². The van der Waals surface area contributed by atoms with Crippen molar-refractivity contribution in [3.05, 3.63) is 0 Å². The Hall–Kier alpha value is -0.0800. The van der Waals surface area contributed by atoms with Gasteiger partial charge in [-0.05, 0) is 25.7 Å². The smallest absolute Gasteiger partial charge is 0.0661 e. The summed E-state index contributed by atoms with van der Waals surface area (Å²) in [5.41, 5.74) is 6.61. The van der Waals surface area contributed by atoms with Gasteiger partial charge in [-0.3, -0.25) is 0 Å². The van der Waals surface area contributed by atoms with Crippen LogP contribution in [0.5, 0.6) is 0 Å². The molecule has 2 fully saturated rings. The molecule has 0 heterocycles. The van der Waals surface area contributed by atoms with Crippen LogP contribution in [0.25, 0.3) is 0 Å². The van der Waals surface area contributed by atoms with Crippen molar-refractivity contribution in [3.8, 4) is 0 Å². The van der Waals surface area contributed by atoms with Gasteiger partial charge in [0.05, 0.1) is 6.10 Å². The van der Waals surface area contributed by atoms with Gasteiger partial charge >= 0.3 is 0 Å². The van der Waals surface area contributed by atoms with Crippen LogP contribution >= 0.6 is 0 Å².